The van der Waals surface area contributed by atoms with Crippen LogP contribution in [0.15, 0.2) is 64.1 Å². The summed E-state index contributed by atoms with van der Waals surface area (Å²) in [5.74, 6) is 0.732. The molecule has 1 aromatic heterocycles. The highest BCUT2D eigenvalue weighted by atomic mass is 35.5. The van der Waals surface area contributed by atoms with Crippen molar-refractivity contribution < 1.29 is 23.5 Å². The van der Waals surface area contributed by atoms with Crippen molar-refractivity contribution in [1.82, 2.24) is 5.43 Å². The molecule has 30 heavy (non-hydrogen) atoms. The van der Waals surface area contributed by atoms with Gasteiger partial charge in [0, 0.05) is 11.1 Å². The number of ether oxygens (including phenoxy) is 2. The Balaban J connectivity index is 1.68. The van der Waals surface area contributed by atoms with E-state index in [-0.39, 0.29) is 18.1 Å². The van der Waals surface area contributed by atoms with Crippen LogP contribution in [0.4, 0.5) is 0 Å². The number of rotatable bonds is 7. The van der Waals surface area contributed by atoms with E-state index in [1.54, 1.807) is 68.6 Å². The lowest BCUT2D eigenvalue weighted by atomic mass is 10.1. The molecule has 0 spiro atoms. The number of methoxy groups -OCH3 is 1. The van der Waals surface area contributed by atoms with Crippen molar-refractivity contribution in [2.75, 3.05) is 13.7 Å². The second-order valence-electron chi connectivity index (χ2n) is 6.04. The van der Waals surface area contributed by atoms with Crippen molar-refractivity contribution in [3.63, 3.8) is 0 Å². The van der Waals surface area contributed by atoms with E-state index in [0.29, 0.717) is 33.4 Å². The van der Waals surface area contributed by atoms with E-state index in [9.17, 15) is 9.59 Å². The Morgan fingerprint density at radius 3 is 2.60 bits per heavy atom. The first-order valence-corrected chi connectivity index (χ1v) is 9.44. The fourth-order valence-electron chi connectivity index (χ4n) is 2.58. The summed E-state index contributed by atoms with van der Waals surface area (Å²) in [4.78, 5) is 24.1. The van der Waals surface area contributed by atoms with Crippen LogP contribution in [0.25, 0.3) is 11.3 Å². The highest BCUT2D eigenvalue weighted by Crippen LogP contribution is 2.27. The molecule has 3 rings (SSSR count). The van der Waals surface area contributed by atoms with Gasteiger partial charge in [0.15, 0.2) is 0 Å². The molecule has 154 valence electrons. The molecule has 0 aliphatic heterocycles. The Morgan fingerprint density at radius 1 is 1.13 bits per heavy atom. The third-order valence-corrected chi connectivity index (χ3v) is 4.41. The third-order valence-electron chi connectivity index (χ3n) is 4.08. The molecule has 1 amide bonds. The van der Waals surface area contributed by atoms with Gasteiger partial charge in [-0.15, -0.1) is 0 Å². The molecule has 0 radical (unpaired) electrons. The summed E-state index contributed by atoms with van der Waals surface area (Å²) in [7, 11) is 1.55. The number of furan rings is 1. The first kappa shape index (κ1) is 21.1. The second-order valence-corrected chi connectivity index (χ2v) is 6.45. The first-order chi connectivity index (χ1) is 14.5. The van der Waals surface area contributed by atoms with Crippen molar-refractivity contribution in [1.29, 1.82) is 0 Å². The van der Waals surface area contributed by atoms with Gasteiger partial charge in [0.25, 0.3) is 5.91 Å². The Bertz CT molecular complexity index is 1070. The molecule has 3 aromatic rings. The predicted molar refractivity (Wildman–Crippen MR) is 113 cm³/mol. The molecule has 0 atom stereocenters. The minimum atomic E-state index is -0.501. The smallest absolute Gasteiger partial charge is 0.339 e. The molecule has 0 saturated carbocycles. The highest BCUT2D eigenvalue weighted by Gasteiger charge is 2.14. The molecule has 0 aliphatic carbocycles. The lowest BCUT2D eigenvalue weighted by molar-refractivity contribution is 0.0526. The fraction of sp³-hybridized carbons (Fsp3) is 0.136. The molecule has 7 nitrogen and oxygen atoms in total. The summed E-state index contributed by atoms with van der Waals surface area (Å²) >= 11 is 6.09. The summed E-state index contributed by atoms with van der Waals surface area (Å²) in [6.45, 7) is 1.98. The number of halogens is 1. The Morgan fingerprint density at radius 2 is 1.90 bits per heavy atom. The minimum absolute atomic E-state index is 0.253. The van der Waals surface area contributed by atoms with E-state index in [2.05, 4.69) is 10.5 Å². The highest BCUT2D eigenvalue weighted by molar-refractivity contribution is 6.33. The zero-order chi connectivity index (χ0) is 21.5. The zero-order valence-electron chi connectivity index (χ0n) is 16.3. The molecule has 8 heteroatoms. The molecule has 0 fully saturated rings. The number of hydrazone groups is 1. The summed E-state index contributed by atoms with van der Waals surface area (Å²) in [6, 6.07) is 15.0. The number of esters is 1. The number of nitrogens with zero attached hydrogens (tertiary/aromatic N) is 1. The number of carbonyl (C=O) groups is 2. The normalized spacial score (nSPS) is 10.8. The van der Waals surface area contributed by atoms with Crippen LogP contribution in [0.3, 0.4) is 0 Å². The SMILES string of the molecule is CCOC(=O)c1cc(-c2ccc(/C=N\NC(=O)c3ccc(OC)cc3)o2)ccc1Cl. The van der Waals surface area contributed by atoms with Crippen LogP contribution in [0.2, 0.25) is 5.02 Å². The number of hydrogen-bond acceptors (Lipinski definition) is 6. The second kappa shape index (κ2) is 9.76. The molecular weight excluding hydrogens is 408 g/mol. The van der Waals surface area contributed by atoms with Gasteiger partial charge < -0.3 is 13.9 Å². The molecule has 0 bridgehead atoms. The summed E-state index contributed by atoms with van der Waals surface area (Å²) in [6.07, 6.45) is 1.38. The van der Waals surface area contributed by atoms with Gasteiger partial charge in [0.1, 0.15) is 17.3 Å². The summed E-state index contributed by atoms with van der Waals surface area (Å²) in [5, 5.41) is 4.20. The van der Waals surface area contributed by atoms with E-state index in [1.807, 2.05) is 0 Å². The minimum Gasteiger partial charge on any atom is -0.497 e. The van der Waals surface area contributed by atoms with Gasteiger partial charge >= 0.3 is 5.97 Å². The van der Waals surface area contributed by atoms with Gasteiger partial charge in [-0.2, -0.15) is 5.10 Å². The topological polar surface area (TPSA) is 90.1 Å². The Kier molecular flexibility index (Phi) is 6.87. The lowest BCUT2D eigenvalue weighted by Crippen LogP contribution is -2.17. The Labute approximate surface area is 178 Å². The van der Waals surface area contributed by atoms with E-state index in [4.69, 9.17) is 25.5 Å². The van der Waals surface area contributed by atoms with Crippen LogP contribution < -0.4 is 10.2 Å². The number of amides is 1. The van der Waals surface area contributed by atoms with Crippen LogP contribution in [0.5, 0.6) is 5.75 Å². The molecule has 0 aliphatic rings. The number of nitrogens with one attached hydrogen (secondary N) is 1. The zero-order valence-corrected chi connectivity index (χ0v) is 17.1. The van der Waals surface area contributed by atoms with Crippen molar-refractivity contribution in [2.45, 2.75) is 6.92 Å². The first-order valence-electron chi connectivity index (χ1n) is 9.06. The molecule has 2 aromatic carbocycles. The van der Waals surface area contributed by atoms with E-state index in [1.165, 1.54) is 6.21 Å². The maximum atomic E-state index is 12.1. The van der Waals surface area contributed by atoms with Crippen molar-refractivity contribution >= 4 is 29.7 Å². The van der Waals surface area contributed by atoms with Crippen LogP contribution in [-0.4, -0.2) is 31.8 Å². The molecule has 1 heterocycles. The van der Waals surface area contributed by atoms with Gasteiger partial charge in [-0.3, -0.25) is 4.79 Å². The van der Waals surface area contributed by atoms with Gasteiger partial charge in [-0.05, 0) is 61.5 Å². The number of benzene rings is 2. The number of carbonyl (C=O) groups excluding carboxylic acids is 2. The lowest BCUT2D eigenvalue weighted by Gasteiger charge is -2.05. The average molecular weight is 427 g/mol. The molecule has 0 saturated heterocycles. The maximum Gasteiger partial charge on any atom is 0.339 e. The average Bonchev–Trinajstić information content (AvgIpc) is 3.23. The van der Waals surface area contributed by atoms with Crippen molar-refractivity contribution in [3.05, 3.63) is 76.5 Å². The van der Waals surface area contributed by atoms with Crippen molar-refractivity contribution in [3.8, 4) is 17.1 Å². The summed E-state index contributed by atoms with van der Waals surface area (Å²) in [5.41, 5.74) is 3.79. The standard InChI is InChI=1S/C22H19ClN2O5/c1-3-29-22(27)18-12-15(6-10-19(18)23)20-11-9-17(30-20)13-24-25-21(26)14-4-7-16(28-2)8-5-14/h4-13H,3H2,1-2H3,(H,25,26)/b24-13-. The van der Waals surface area contributed by atoms with E-state index >= 15 is 0 Å². The van der Waals surface area contributed by atoms with Gasteiger partial charge in [-0.1, -0.05) is 11.6 Å². The number of hydrogen-bond donors (Lipinski definition) is 1. The van der Waals surface area contributed by atoms with Crippen LogP contribution in [0, 0.1) is 0 Å². The largest absolute Gasteiger partial charge is 0.497 e. The van der Waals surface area contributed by atoms with Crippen LogP contribution >= 0.6 is 11.6 Å². The van der Waals surface area contributed by atoms with Gasteiger partial charge in [-0.25, -0.2) is 10.2 Å². The van der Waals surface area contributed by atoms with Crippen LogP contribution in [0.1, 0.15) is 33.4 Å². The predicted octanol–water partition coefficient (Wildman–Crippen LogP) is 4.55. The summed E-state index contributed by atoms with van der Waals surface area (Å²) < 4.78 is 15.8. The quantitative estimate of drug-likeness (QED) is 0.340. The Hall–Kier alpha value is -3.58. The molecule has 1 N–H and O–H groups in total. The van der Waals surface area contributed by atoms with Crippen LogP contribution in [-0.2, 0) is 4.74 Å². The van der Waals surface area contributed by atoms with Gasteiger partial charge in [0.2, 0.25) is 0 Å². The van der Waals surface area contributed by atoms with Crippen molar-refractivity contribution in [2.24, 2.45) is 5.10 Å². The van der Waals surface area contributed by atoms with E-state index < -0.39 is 5.97 Å². The fourth-order valence-corrected chi connectivity index (χ4v) is 2.78. The monoisotopic (exact) mass is 426 g/mol. The maximum absolute atomic E-state index is 12.1. The molecule has 0 unspecified atom stereocenters. The molecular formula is C22H19ClN2O5. The van der Waals surface area contributed by atoms with E-state index in [0.717, 1.165) is 0 Å². The third kappa shape index (κ3) is 5.07. The van der Waals surface area contributed by atoms with Gasteiger partial charge in [0.05, 0.1) is 30.5 Å².